The van der Waals surface area contributed by atoms with Gasteiger partial charge < -0.3 is 15.0 Å². The molecule has 3 aromatic rings. The summed E-state index contributed by atoms with van der Waals surface area (Å²) in [6.07, 6.45) is 1.04. The minimum atomic E-state index is 0.748. The van der Waals surface area contributed by atoms with Gasteiger partial charge in [0.1, 0.15) is 23.2 Å². The van der Waals surface area contributed by atoms with Crippen LogP contribution >= 0.6 is 0 Å². The van der Waals surface area contributed by atoms with Gasteiger partial charge in [0.25, 0.3) is 0 Å². The molecule has 0 radical (unpaired) electrons. The molecule has 0 saturated heterocycles. The molecule has 1 N–H and O–H groups in total. The summed E-state index contributed by atoms with van der Waals surface area (Å²) in [5.74, 6) is 3.29. The largest absolute Gasteiger partial charge is 0.497 e. The Morgan fingerprint density at radius 1 is 1.04 bits per heavy atom. The van der Waals surface area contributed by atoms with Gasteiger partial charge in [0.05, 0.1) is 7.11 Å². The van der Waals surface area contributed by atoms with Crippen LogP contribution in [0.2, 0.25) is 0 Å². The molecule has 0 atom stereocenters. The fraction of sp³-hybridized carbons (Fsp3) is 0.200. The predicted octanol–water partition coefficient (Wildman–Crippen LogP) is 4.23. The van der Waals surface area contributed by atoms with Crippen LogP contribution in [0.5, 0.6) is 5.75 Å². The lowest BCUT2D eigenvalue weighted by Crippen LogP contribution is -2.16. The normalized spacial score (nSPS) is 12.8. The number of methoxy groups -OCH3 is 1. The summed E-state index contributed by atoms with van der Waals surface area (Å²) in [6.45, 7) is 2.86. The molecule has 126 valence electrons. The Morgan fingerprint density at radius 2 is 1.84 bits per heavy atom. The lowest BCUT2D eigenvalue weighted by Gasteiger charge is -2.19. The molecule has 0 spiro atoms. The third kappa shape index (κ3) is 3.13. The SMILES string of the molecule is COc1ccc(Nc2cc(N3CCc4ccccc43)nc(C)n2)cc1. The minimum Gasteiger partial charge on any atom is -0.497 e. The van der Waals surface area contributed by atoms with Crippen molar-refractivity contribution in [3.05, 3.63) is 66.0 Å². The molecule has 0 fully saturated rings. The monoisotopic (exact) mass is 332 g/mol. The molecule has 25 heavy (non-hydrogen) atoms. The Morgan fingerprint density at radius 3 is 2.64 bits per heavy atom. The lowest BCUT2D eigenvalue weighted by molar-refractivity contribution is 0.415. The van der Waals surface area contributed by atoms with Crippen LogP contribution in [0.4, 0.5) is 23.0 Å². The first-order valence-electron chi connectivity index (χ1n) is 8.35. The van der Waals surface area contributed by atoms with E-state index in [0.29, 0.717) is 0 Å². The number of para-hydroxylation sites is 1. The zero-order chi connectivity index (χ0) is 17.2. The highest BCUT2D eigenvalue weighted by molar-refractivity contribution is 5.70. The third-order valence-electron chi connectivity index (χ3n) is 4.35. The lowest BCUT2D eigenvalue weighted by atomic mass is 10.2. The predicted molar refractivity (Wildman–Crippen MR) is 100 cm³/mol. The van der Waals surface area contributed by atoms with Crippen LogP contribution < -0.4 is 15.0 Å². The van der Waals surface area contributed by atoms with Crippen LogP contribution in [0.25, 0.3) is 0 Å². The van der Waals surface area contributed by atoms with E-state index in [1.807, 2.05) is 37.3 Å². The van der Waals surface area contributed by atoms with Crippen LogP contribution in [0.1, 0.15) is 11.4 Å². The highest BCUT2D eigenvalue weighted by Crippen LogP contribution is 2.34. The second-order valence-corrected chi connectivity index (χ2v) is 6.04. The molecule has 4 rings (SSSR count). The number of hydrogen-bond donors (Lipinski definition) is 1. The van der Waals surface area contributed by atoms with Crippen molar-refractivity contribution in [3.63, 3.8) is 0 Å². The number of nitrogens with zero attached hydrogens (tertiary/aromatic N) is 3. The number of fused-ring (bicyclic) bond motifs is 1. The number of nitrogens with one attached hydrogen (secondary N) is 1. The summed E-state index contributed by atoms with van der Waals surface area (Å²) < 4.78 is 5.20. The molecule has 2 heterocycles. The molecule has 1 aromatic heterocycles. The van der Waals surface area contributed by atoms with Crippen molar-refractivity contribution in [2.45, 2.75) is 13.3 Å². The zero-order valence-corrected chi connectivity index (χ0v) is 14.4. The number of benzene rings is 2. The number of hydrogen-bond acceptors (Lipinski definition) is 5. The Kier molecular flexibility index (Phi) is 3.98. The number of ether oxygens (including phenoxy) is 1. The van der Waals surface area contributed by atoms with Crippen molar-refractivity contribution in [2.24, 2.45) is 0 Å². The van der Waals surface area contributed by atoms with Gasteiger partial charge in [-0.2, -0.15) is 0 Å². The van der Waals surface area contributed by atoms with Crippen molar-refractivity contribution >= 4 is 23.0 Å². The highest BCUT2D eigenvalue weighted by atomic mass is 16.5. The van der Waals surface area contributed by atoms with Gasteiger partial charge in [-0.1, -0.05) is 18.2 Å². The summed E-state index contributed by atoms with van der Waals surface area (Å²) in [5, 5.41) is 3.35. The number of aryl methyl sites for hydroxylation is 1. The maximum absolute atomic E-state index is 5.20. The number of rotatable bonds is 4. The van der Waals surface area contributed by atoms with Crippen molar-refractivity contribution < 1.29 is 4.74 Å². The summed E-state index contributed by atoms with van der Waals surface area (Å²) >= 11 is 0. The van der Waals surface area contributed by atoms with Gasteiger partial charge in [-0.25, -0.2) is 9.97 Å². The summed E-state index contributed by atoms with van der Waals surface area (Å²) in [4.78, 5) is 11.4. The fourth-order valence-corrected chi connectivity index (χ4v) is 3.15. The molecule has 1 aliphatic rings. The quantitative estimate of drug-likeness (QED) is 0.775. The van der Waals surface area contributed by atoms with E-state index in [2.05, 4.69) is 44.5 Å². The zero-order valence-electron chi connectivity index (χ0n) is 14.4. The van der Waals surface area contributed by atoms with Gasteiger partial charge in [-0.15, -0.1) is 0 Å². The topological polar surface area (TPSA) is 50.3 Å². The molecule has 0 amide bonds. The first kappa shape index (κ1) is 15.4. The van der Waals surface area contributed by atoms with Crippen molar-refractivity contribution in [1.82, 2.24) is 9.97 Å². The van der Waals surface area contributed by atoms with Gasteiger partial charge in [0, 0.05) is 24.0 Å². The molecule has 0 aliphatic carbocycles. The van der Waals surface area contributed by atoms with Crippen molar-refractivity contribution in [1.29, 1.82) is 0 Å². The summed E-state index contributed by atoms with van der Waals surface area (Å²) in [7, 11) is 1.66. The molecule has 0 saturated carbocycles. The van der Waals surface area contributed by atoms with Crippen LogP contribution in [0, 0.1) is 6.92 Å². The van der Waals surface area contributed by atoms with E-state index in [1.165, 1.54) is 11.3 Å². The van der Waals surface area contributed by atoms with E-state index in [4.69, 9.17) is 4.74 Å². The fourth-order valence-electron chi connectivity index (χ4n) is 3.15. The van der Waals surface area contributed by atoms with Crippen molar-refractivity contribution in [2.75, 3.05) is 23.9 Å². The molecular weight excluding hydrogens is 312 g/mol. The Hall–Kier alpha value is -3.08. The van der Waals surface area contributed by atoms with E-state index in [-0.39, 0.29) is 0 Å². The average Bonchev–Trinajstić information content (AvgIpc) is 3.06. The summed E-state index contributed by atoms with van der Waals surface area (Å²) in [5.41, 5.74) is 3.56. The van der Waals surface area contributed by atoms with E-state index in [9.17, 15) is 0 Å². The maximum Gasteiger partial charge on any atom is 0.138 e. The molecule has 5 heteroatoms. The second-order valence-electron chi connectivity index (χ2n) is 6.04. The highest BCUT2D eigenvalue weighted by Gasteiger charge is 2.21. The van der Waals surface area contributed by atoms with Crippen LogP contribution in [0.15, 0.2) is 54.6 Å². The molecule has 0 bridgehead atoms. The van der Waals surface area contributed by atoms with Crippen LogP contribution in [-0.4, -0.2) is 23.6 Å². The minimum absolute atomic E-state index is 0.748. The van der Waals surface area contributed by atoms with E-state index < -0.39 is 0 Å². The maximum atomic E-state index is 5.20. The Bertz CT molecular complexity index is 892. The standard InChI is InChI=1S/C20H20N4O/c1-14-21-19(23-16-7-9-17(25-2)10-8-16)13-20(22-14)24-12-11-15-5-3-4-6-18(15)24/h3-10,13H,11-12H2,1-2H3,(H,21,22,23). The smallest absolute Gasteiger partial charge is 0.138 e. The molecular formula is C20H20N4O. The first-order valence-corrected chi connectivity index (χ1v) is 8.35. The third-order valence-corrected chi connectivity index (χ3v) is 4.35. The first-order chi connectivity index (χ1) is 12.2. The second kappa shape index (κ2) is 6.43. The Balaban J connectivity index is 1.63. The number of aromatic nitrogens is 2. The molecule has 1 aliphatic heterocycles. The molecule has 5 nitrogen and oxygen atoms in total. The molecule has 2 aromatic carbocycles. The van der Waals surface area contributed by atoms with Gasteiger partial charge in [0.15, 0.2) is 0 Å². The van der Waals surface area contributed by atoms with Crippen LogP contribution in [0.3, 0.4) is 0 Å². The van der Waals surface area contributed by atoms with E-state index >= 15 is 0 Å². The Labute approximate surface area is 147 Å². The van der Waals surface area contributed by atoms with Gasteiger partial charge in [-0.3, -0.25) is 0 Å². The average molecular weight is 332 g/mol. The number of anilines is 4. The van der Waals surface area contributed by atoms with Gasteiger partial charge in [0.2, 0.25) is 0 Å². The molecule has 0 unspecified atom stereocenters. The van der Waals surface area contributed by atoms with Gasteiger partial charge >= 0.3 is 0 Å². The van der Waals surface area contributed by atoms with E-state index in [1.54, 1.807) is 7.11 Å². The summed E-state index contributed by atoms with van der Waals surface area (Å²) in [6, 6.07) is 18.3. The van der Waals surface area contributed by atoms with Gasteiger partial charge in [-0.05, 0) is 49.2 Å². The van der Waals surface area contributed by atoms with Crippen LogP contribution in [-0.2, 0) is 6.42 Å². The van der Waals surface area contributed by atoms with Crippen molar-refractivity contribution in [3.8, 4) is 5.75 Å². The van der Waals surface area contributed by atoms with E-state index in [0.717, 1.165) is 41.9 Å².